The highest BCUT2D eigenvalue weighted by molar-refractivity contribution is 6.12. The molecule has 0 bridgehead atoms. The third-order valence-electron chi connectivity index (χ3n) is 5.70. The van der Waals surface area contributed by atoms with E-state index in [1.807, 2.05) is 42.5 Å². The number of benzene rings is 1. The molecule has 7 nitrogen and oxygen atoms in total. The summed E-state index contributed by atoms with van der Waals surface area (Å²) in [5, 5.41) is 4.22. The van der Waals surface area contributed by atoms with Crippen molar-refractivity contribution in [3.8, 4) is 5.75 Å². The van der Waals surface area contributed by atoms with E-state index < -0.39 is 0 Å². The molecule has 160 valence electrons. The number of carbonyl (C=O) groups is 1. The third kappa shape index (κ3) is 3.51. The summed E-state index contributed by atoms with van der Waals surface area (Å²) in [6.45, 7) is 2.53. The Balaban J connectivity index is 1.37. The van der Waals surface area contributed by atoms with Crippen molar-refractivity contribution in [2.45, 2.75) is 19.8 Å². The lowest BCUT2D eigenvalue weighted by atomic mass is 10.1. The van der Waals surface area contributed by atoms with Gasteiger partial charge in [0.25, 0.3) is 5.91 Å². The van der Waals surface area contributed by atoms with E-state index in [-0.39, 0.29) is 5.91 Å². The monoisotopic (exact) mass is 425 g/mol. The van der Waals surface area contributed by atoms with Crippen molar-refractivity contribution >= 4 is 34.1 Å². The highest BCUT2D eigenvalue weighted by Gasteiger charge is 2.27. The maximum atomic E-state index is 13.2. The molecule has 1 aromatic carbocycles. The zero-order valence-corrected chi connectivity index (χ0v) is 18.0. The minimum Gasteiger partial charge on any atom is -0.492 e. The summed E-state index contributed by atoms with van der Waals surface area (Å²) >= 11 is 0. The van der Waals surface area contributed by atoms with Gasteiger partial charge in [-0.05, 0) is 47.9 Å². The predicted molar refractivity (Wildman–Crippen MR) is 125 cm³/mol. The molecule has 3 aromatic heterocycles. The van der Waals surface area contributed by atoms with Gasteiger partial charge in [0.15, 0.2) is 5.82 Å². The van der Waals surface area contributed by atoms with Crippen LogP contribution in [0.25, 0.3) is 10.9 Å². The van der Waals surface area contributed by atoms with Gasteiger partial charge >= 0.3 is 0 Å². The van der Waals surface area contributed by atoms with Gasteiger partial charge in [-0.25, -0.2) is 9.97 Å². The number of nitrogens with one attached hydrogen (secondary N) is 1. The van der Waals surface area contributed by atoms with Gasteiger partial charge < -0.3 is 15.0 Å². The molecule has 4 heterocycles. The molecule has 0 radical (unpaired) electrons. The number of ether oxygens (including phenoxy) is 1. The van der Waals surface area contributed by atoms with Crippen LogP contribution in [0.5, 0.6) is 5.75 Å². The molecular weight excluding hydrogens is 402 g/mol. The Kier molecular flexibility index (Phi) is 5.15. The quantitative estimate of drug-likeness (QED) is 0.506. The molecule has 0 fully saturated rings. The van der Waals surface area contributed by atoms with E-state index in [0.717, 1.165) is 39.9 Å². The Morgan fingerprint density at radius 1 is 1.03 bits per heavy atom. The second kappa shape index (κ2) is 8.26. The first-order valence-corrected chi connectivity index (χ1v) is 10.6. The highest BCUT2D eigenvalue weighted by Crippen LogP contribution is 2.35. The van der Waals surface area contributed by atoms with Crippen LogP contribution in [0.15, 0.2) is 61.1 Å². The number of rotatable bonds is 5. The molecule has 0 unspecified atom stereocenters. The Morgan fingerprint density at radius 3 is 2.75 bits per heavy atom. The van der Waals surface area contributed by atoms with Gasteiger partial charge in [0.05, 0.1) is 23.4 Å². The van der Waals surface area contributed by atoms with Crippen molar-refractivity contribution in [2.75, 3.05) is 23.9 Å². The lowest BCUT2D eigenvalue weighted by molar-refractivity contribution is 0.0994. The molecule has 0 saturated heterocycles. The zero-order valence-electron chi connectivity index (χ0n) is 18.0. The molecule has 0 aliphatic carbocycles. The molecule has 1 amide bonds. The topological polar surface area (TPSA) is 80.2 Å². The smallest absolute Gasteiger partial charge is 0.261 e. The van der Waals surface area contributed by atoms with E-state index in [0.29, 0.717) is 30.2 Å². The average molecular weight is 425 g/mol. The summed E-state index contributed by atoms with van der Waals surface area (Å²) in [4.78, 5) is 28.2. The fourth-order valence-electron chi connectivity index (χ4n) is 4.02. The molecule has 0 saturated carbocycles. The van der Waals surface area contributed by atoms with E-state index in [1.165, 1.54) is 0 Å². The maximum absolute atomic E-state index is 13.2. The third-order valence-corrected chi connectivity index (χ3v) is 5.70. The summed E-state index contributed by atoms with van der Waals surface area (Å²) in [6, 6.07) is 13.6. The Bertz CT molecular complexity index is 1320. The summed E-state index contributed by atoms with van der Waals surface area (Å²) in [7, 11) is 1.78. The fraction of sp³-hybridized carbons (Fsp3) is 0.200. The standard InChI is InChI=1S/C25H23N5O2/c1-3-17-8-11-27-24-22(17)30(2)25(31)19-14-16(15-28-23(19)29-24)10-13-32-21-9-12-26-20-7-5-4-6-18(20)21/h4-9,11-12,14-15H,3,10,13H2,1-2H3,(H,27,28,29). The largest absolute Gasteiger partial charge is 0.492 e. The van der Waals surface area contributed by atoms with Gasteiger partial charge in [-0.1, -0.05) is 19.1 Å². The normalized spacial score (nSPS) is 12.7. The first-order chi connectivity index (χ1) is 15.7. The number of hydrogen-bond donors (Lipinski definition) is 1. The second-order valence-electron chi connectivity index (χ2n) is 7.67. The minimum atomic E-state index is -0.107. The predicted octanol–water partition coefficient (Wildman–Crippen LogP) is 4.54. The van der Waals surface area contributed by atoms with Crippen molar-refractivity contribution in [2.24, 2.45) is 0 Å². The van der Waals surface area contributed by atoms with Crippen molar-refractivity contribution in [3.05, 3.63) is 77.7 Å². The highest BCUT2D eigenvalue weighted by atomic mass is 16.5. The Hall–Kier alpha value is -4.00. The molecule has 1 N–H and O–H groups in total. The van der Waals surface area contributed by atoms with Crippen molar-refractivity contribution in [3.63, 3.8) is 0 Å². The molecule has 1 aliphatic heterocycles. The van der Waals surface area contributed by atoms with Crippen LogP contribution in [0.1, 0.15) is 28.4 Å². The lowest BCUT2D eigenvalue weighted by Gasteiger charge is -2.19. The fourth-order valence-corrected chi connectivity index (χ4v) is 4.02. The SMILES string of the molecule is CCc1ccnc2c1N(C)C(=O)c1cc(CCOc3ccnc4ccccc34)cnc1N2. The molecule has 4 aromatic rings. The number of pyridine rings is 3. The second-order valence-corrected chi connectivity index (χ2v) is 7.67. The van der Waals surface area contributed by atoms with Crippen LogP contribution in [-0.4, -0.2) is 34.5 Å². The Labute approximate surface area is 186 Å². The summed E-state index contributed by atoms with van der Waals surface area (Å²) in [6.07, 6.45) is 6.71. The van der Waals surface area contributed by atoms with Gasteiger partial charge in [0.1, 0.15) is 11.6 Å². The number of aryl methyl sites for hydroxylation is 1. The summed E-state index contributed by atoms with van der Waals surface area (Å²) in [5.74, 6) is 1.85. The first kappa shape index (κ1) is 19.9. The van der Waals surface area contributed by atoms with E-state index in [4.69, 9.17) is 4.74 Å². The van der Waals surface area contributed by atoms with Crippen LogP contribution < -0.4 is 15.0 Å². The number of aromatic nitrogens is 3. The minimum absolute atomic E-state index is 0.107. The number of hydrogen-bond acceptors (Lipinski definition) is 6. The van der Waals surface area contributed by atoms with Gasteiger partial charge in [0, 0.05) is 37.4 Å². The number of carbonyl (C=O) groups excluding carboxylic acids is 1. The van der Waals surface area contributed by atoms with Crippen LogP contribution in [-0.2, 0) is 12.8 Å². The van der Waals surface area contributed by atoms with Crippen LogP contribution in [0.4, 0.5) is 17.3 Å². The van der Waals surface area contributed by atoms with Gasteiger partial charge in [-0.15, -0.1) is 0 Å². The van der Waals surface area contributed by atoms with Crippen molar-refractivity contribution in [1.29, 1.82) is 0 Å². The van der Waals surface area contributed by atoms with E-state index in [9.17, 15) is 4.79 Å². The van der Waals surface area contributed by atoms with E-state index in [2.05, 4.69) is 27.2 Å². The number of nitrogens with zero attached hydrogens (tertiary/aromatic N) is 4. The molecule has 0 spiro atoms. The molecule has 32 heavy (non-hydrogen) atoms. The average Bonchev–Trinajstić information content (AvgIpc) is 2.93. The van der Waals surface area contributed by atoms with Crippen molar-refractivity contribution < 1.29 is 9.53 Å². The van der Waals surface area contributed by atoms with Gasteiger partial charge in [0.2, 0.25) is 0 Å². The molecule has 0 atom stereocenters. The summed E-state index contributed by atoms with van der Waals surface area (Å²) in [5.41, 5.74) is 4.22. The molecule has 7 heteroatoms. The van der Waals surface area contributed by atoms with Crippen LogP contribution in [0.3, 0.4) is 0 Å². The number of anilines is 3. The van der Waals surface area contributed by atoms with Crippen LogP contribution in [0.2, 0.25) is 0 Å². The number of fused-ring (bicyclic) bond motifs is 3. The summed E-state index contributed by atoms with van der Waals surface area (Å²) < 4.78 is 6.03. The van der Waals surface area contributed by atoms with Gasteiger partial charge in [-0.2, -0.15) is 0 Å². The maximum Gasteiger partial charge on any atom is 0.261 e. The van der Waals surface area contributed by atoms with Crippen LogP contribution in [0, 0.1) is 0 Å². The van der Waals surface area contributed by atoms with E-state index in [1.54, 1.807) is 30.5 Å². The van der Waals surface area contributed by atoms with Crippen LogP contribution >= 0.6 is 0 Å². The number of para-hydroxylation sites is 1. The van der Waals surface area contributed by atoms with E-state index >= 15 is 0 Å². The zero-order chi connectivity index (χ0) is 22.1. The molecule has 5 rings (SSSR count). The number of amides is 1. The lowest BCUT2D eigenvalue weighted by Crippen LogP contribution is -2.26. The molecule has 1 aliphatic rings. The molecular formula is C25H23N5O2. The van der Waals surface area contributed by atoms with Gasteiger partial charge in [-0.3, -0.25) is 9.78 Å². The van der Waals surface area contributed by atoms with Crippen molar-refractivity contribution in [1.82, 2.24) is 15.0 Å². The Morgan fingerprint density at radius 2 is 1.88 bits per heavy atom. The first-order valence-electron chi connectivity index (χ1n) is 10.6.